The molecule has 0 heterocycles. The van der Waals surface area contributed by atoms with Crippen LogP contribution in [0.15, 0.2) is 18.2 Å². The SMILES string of the molecule is CCCCCC(=O)Nc1c(OC)cccc1C(N)=S. The normalized spacial score (nSPS) is 10.0. The van der Waals surface area contributed by atoms with E-state index in [2.05, 4.69) is 12.2 Å². The lowest BCUT2D eigenvalue weighted by atomic mass is 10.1. The van der Waals surface area contributed by atoms with E-state index >= 15 is 0 Å². The number of unbranched alkanes of at least 4 members (excludes halogenated alkanes) is 2. The monoisotopic (exact) mass is 280 g/mol. The number of anilines is 1. The van der Waals surface area contributed by atoms with Crippen molar-refractivity contribution in [2.24, 2.45) is 5.73 Å². The highest BCUT2D eigenvalue weighted by molar-refractivity contribution is 7.80. The number of benzene rings is 1. The third kappa shape index (κ3) is 4.52. The van der Waals surface area contributed by atoms with Crippen LogP contribution in [0.2, 0.25) is 0 Å². The van der Waals surface area contributed by atoms with Crippen molar-refractivity contribution in [3.8, 4) is 5.75 Å². The van der Waals surface area contributed by atoms with Gasteiger partial charge in [0.15, 0.2) is 0 Å². The molecule has 0 fully saturated rings. The Labute approximate surface area is 119 Å². The average Bonchev–Trinajstić information content (AvgIpc) is 2.39. The zero-order chi connectivity index (χ0) is 14.3. The van der Waals surface area contributed by atoms with Crippen LogP contribution in [0.4, 0.5) is 5.69 Å². The fourth-order valence-corrected chi connectivity index (χ4v) is 1.94. The first-order chi connectivity index (χ1) is 9.10. The zero-order valence-electron chi connectivity index (χ0n) is 11.4. The molecular weight excluding hydrogens is 260 g/mol. The number of nitrogens with two attached hydrogens (primary N) is 1. The topological polar surface area (TPSA) is 64.3 Å². The Hall–Kier alpha value is -1.62. The van der Waals surface area contributed by atoms with Crippen LogP contribution in [0.5, 0.6) is 5.75 Å². The molecule has 1 aromatic carbocycles. The molecule has 1 aromatic rings. The third-order valence-electron chi connectivity index (χ3n) is 2.78. The number of hydrogen-bond acceptors (Lipinski definition) is 3. The molecule has 0 atom stereocenters. The van der Waals surface area contributed by atoms with Crippen LogP contribution in [0, 0.1) is 0 Å². The quantitative estimate of drug-likeness (QED) is 0.595. The summed E-state index contributed by atoms with van der Waals surface area (Å²) >= 11 is 4.99. The summed E-state index contributed by atoms with van der Waals surface area (Å²) < 4.78 is 5.23. The van der Waals surface area contributed by atoms with Gasteiger partial charge in [-0.3, -0.25) is 4.79 Å². The van der Waals surface area contributed by atoms with E-state index in [1.54, 1.807) is 25.3 Å². The Morgan fingerprint density at radius 1 is 1.42 bits per heavy atom. The number of carbonyl (C=O) groups excluding carboxylic acids is 1. The number of hydrogen-bond donors (Lipinski definition) is 2. The highest BCUT2D eigenvalue weighted by Gasteiger charge is 2.13. The fourth-order valence-electron chi connectivity index (χ4n) is 1.77. The van der Waals surface area contributed by atoms with Gasteiger partial charge in [0.05, 0.1) is 12.8 Å². The minimum atomic E-state index is -0.0459. The lowest BCUT2D eigenvalue weighted by molar-refractivity contribution is -0.116. The molecule has 0 unspecified atom stereocenters. The molecule has 3 N–H and O–H groups in total. The number of nitrogens with one attached hydrogen (secondary N) is 1. The first-order valence-electron chi connectivity index (χ1n) is 6.36. The molecule has 0 radical (unpaired) electrons. The molecule has 104 valence electrons. The number of rotatable bonds is 7. The molecule has 0 aliphatic rings. The summed E-state index contributed by atoms with van der Waals surface area (Å²) in [6.07, 6.45) is 3.49. The maximum absolute atomic E-state index is 11.9. The zero-order valence-corrected chi connectivity index (χ0v) is 12.2. The van der Waals surface area contributed by atoms with Crippen LogP contribution >= 0.6 is 12.2 Å². The summed E-state index contributed by atoms with van der Waals surface area (Å²) in [5, 5.41) is 2.84. The Bertz CT molecular complexity index is 461. The standard InChI is InChI=1S/C14H20N2O2S/c1-3-4-5-9-12(17)16-13-10(14(15)19)7-6-8-11(13)18-2/h6-8H,3-5,9H2,1-2H3,(H2,15,19)(H,16,17). The number of amides is 1. The predicted octanol–water partition coefficient (Wildman–Crippen LogP) is 2.85. The number of ether oxygens (including phenoxy) is 1. The average molecular weight is 280 g/mol. The maximum atomic E-state index is 11.9. The molecule has 0 saturated carbocycles. The summed E-state index contributed by atoms with van der Waals surface area (Å²) in [5.41, 5.74) is 6.84. The Balaban J connectivity index is 2.86. The summed E-state index contributed by atoms with van der Waals surface area (Å²) in [4.78, 5) is 12.1. The fraction of sp³-hybridized carbons (Fsp3) is 0.429. The molecule has 5 heteroatoms. The highest BCUT2D eigenvalue weighted by Crippen LogP contribution is 2.28. The molecule has 0 bridgehead atoms. The van der Waals surface area contributed by atoms with Gasteiger partial charge in [-0.05, 0) is 18.6 Å². The first kappa shape index (κ1) is 15.4. The number of methoxy groups -OCH3 is 1. The number of para-hydroxylation sites is 1. The lowest BCUT2D eigenvalue weighted by Crippen LogP contribution is -2.18. The smallest absolute Gasteiger partial charge is 0.224 e. The van der Waals surface area contributed by atoms with Crippen molar-refractivity contribution < 1.29 is 9.53 Å². The molecule has 0 saturated heterocycles. The summed E-state index contributed by atoms with van der Waals surface area (Å²) in [7, 11) is 1.55. The van der Waals surface area contributed by atoms with Gasteiger partial charge >= 0.3 is 0 Å². The highest BCUT2D eigenvalue weighted by atomic mass is 32.1. The molecule has 1 rings (SSSR count). The van der Waals surface area contributed by atoms with E-state index < -0.39 is 0 Å². The Morgan fingerprint density at radius 2 is 2.16 bits per heavy atom. The lowest BCUT2D eigenvalue weighted by Gasteiger charge is -2.14. The number of thiocarbonyl (C=S) groups is 1. The second kappa shape index (κ2) is 7.74. The van der Waals surface area contributed by atoms with E-state index in [1.807, 2.05) is 0 Å². The van der Waals surface area contributed by atoms with Crippen molar-refractivity contribution >= 4 is 28.8 Å². The molecule has 1 amide bonds. The van der Waals surface area contributed by atoms with Crippen molar-refractivity contribution in [3.63, 3.8) is 0 Å². The van der Waals surface area contributed by atoms with Gasteiger partial charge in [-0.15, -0.1) is 0 Å². The van der Waals surface area contributed by atoms with Gasteiger partial charge in [0.1, 0.15) is 10.7 Å². The van der Waals surface area contributed by atoms with Crippen LogP contribution < -0.4 is 15.8 Å². The second-order valence-corrected chi connectivity index (χ2v) is 4.69. The largest absolute Gasteiger partial charge is 0.495 e. The van der Waals surface area contributed by atoms with E-state index in [9.17, 15) is 4.79 Å². The number of carbonyl (C=O) groups is 1. The van der Waals surface area contributed by atoms with Crippen molar-refractivity contribution in [1.29, 1.82) is 0 Å². The molecule has 0 aromatic heterocycles. The van der Waals surface area contributed by atoms with Gasteiger partial charge < -0.3 is 15.8 Å². The van der Waals surface area contributed by atoms with E-state index in [4.69, 9.17) is 22.7 Å². The molecular formula is C14H20N2O2S. The van der Waals surface area contributed by atoms with Gasteiger partial charge in [-0.1, -0.05) is 38.0 Å². The molecule has 0 aliphatic heterocycles. The van der Waals surface area contributed by atoms with Gasteiger partial charge in [-0.25, -0.2) is 0 Å². The van der Waals surface area contributed by atoms with Gasteiger partial charge in [-0.2, -0.15) is 0 Å². The summed E-state index contributed by atoms with van der Waals surface area (Å²) in [5.74, 6) is 0.518. The van der Waals surface area contributed by atoms with Crippen LogP contribution in [-0.4, -0.2) is 18.0 Å². The Kier molecular flexibility index (Phi) is 6.29. The third-order valence-corrected chi connectivity index (χ3v) is 3.00. The maximum Gasteiger partial charge on any atom is 0.224 e. The van der Waals surface area contributed by atoms with Crippen LogP contribution in [0.25, 0.3) is 0 Å². The van der Waals surface area contributed by atoms with Crippen LogP contribution in [-0.2, 0) is 4.79 Å². The van der Waals surface area contributed by atoms with Gasteiger partial charge in [0.25, 0.3) is 0 Å². The molecule has 0 spiro atoms. The summed E-state index contributed by atoms with van der Waals surface area (Å²) in [6, 6.07) is 5.33. The van der Waals surface area contributed by atoms with E-state index in [1.165, 1.54) is 0 Å². The minimum Gasteiger partial charge on any atom is -0.495 e. The molecule has 4 nitrogen and oxygen atoms in total. The predicted molar refractivity (Wildman–Crippen MR) is 81.7 cm³/mol. The van der Waals surface area contributed by atoms with E-state index in [0.717, 1.165) is 19.3 Å². The second-order valence-electron chi connectivity index (χ2n) is 4.25. The van der Waals surface area contributed by atoms with Crippen LogP contribution in [0.3, 0.4) is 0 Å². The minimum absolute atomic E-state index is 0.0459. The van der Waals surface area contributed by atoms with Crippen molar-refractivity contribution in [2.45, 2.75) is 32.6 Å². The van der Waals surface area contributed by atoms with Crippen molar-refractivity contribution in [1.82, 2.24) is 0 Å². The van der Waals surface area contributed by atoms with E-state index in [-0.39, 0.29) is 10.9 Å². The molecule has 19 heavy (non-hydrogen) atoms. The van der Waals surface area contributed by atoms with Crippen molar-refractivity contribution in [2.75, 3.05) is 12.4 Å². The first-order valence-corrected chi connectivity index (χ1v) is 6.77. The van der Waals surface area contributed by atoms with Gasteiger partial charge in [0.2, 0.25) is 5.91 Å². The van der Waals surface area contributed by atoms with E-state index in [0.29, 0.717) is 23.4 Å². The van der Waals surface area contributed by atoms with Crippen molar-refractivity contribution in [3.05, 3.63) is 23.8 Å². The van der Waals surface area contributed by atoms with Gasteiger partial charge in [0, 0.05) is 12.0 Å². The Morgan fingerprint density at radius 3 is 2.74 bits per heavy atom. The molecule has 0 aliphatic carbocycles. The van der Waals surface area contributed by atoms with Crippen LogP contribution in [0.1, 0.15) is 38.2 Å². The summed E-state index contributed by atoms with van der Waals surface area (Å²) in [6.45, 7) is 2.10.